The van der Waals surface area contributed by atoms with Crippen LogP contribution in [0.4, 0.5) is 0 Å². The molecule has 9 heteroatoms. The van der Waals surface area contributed by atoms with E-state index in [1.165, 1.54) is 11.3 Å². The molecule has 2 aromatic heterocycles. The van der Waals surface area contributed by atoms with Gasteiger partial charge in [-0.2, -0.15) is 4.98 Å². The van der Waals surface area contributed by atoms with Crippen molar-refractivity contribution in [1.82, 2.24) is 14.9 Å². The van der Waals surface area contributed by atoms with Gasteiger partial charge < -0.3 is 10.3 Å². The van der Waals surface area contributed by atoms with E-state index in [-0.39, 0.29) is 0 Å². The Morgan fingerprint density at radius 2 is 1.96 bits per heavy atom. The van der Waals surface area contributed by atoms with Crippen LogP contribution in [0.3, 0.4) is 0 Å². The average Bonchev–Trinajstić information content (AvgIpc) is 3.23. The number of benzene rings is 1. The average molecular weight is 378 g/mol. The van der Waals surface area contributed by atoms with Crippen LogP contribution < -0.4 is 10.5 Å². The lowest BCUT2D eigenvalue weighted by Gasteiger charge is -1.99. The van der Waals surface area contributed by atoms with Crippen molar-refractivity contribution in [2.45, 2.75) is 13.0 Å². The molecule has 0 aliphatic carbocycles. The van der Waals surface area contributed by atoms with Gasteiger partial charge in [-0.05, 0) is 24.1 Å². The largest absolute Gasteiger partial charge is 0.333 e. The monoisotopic (exact) mass is 378 g/mol. The highest BCUT2D eigenvalue weighted by Gasteiger charge is 2.13. The topological polar surface area (TPSA) is 111 Å². The number of sulfonamides is 1. The second-order valence-electron chi connectivity index (χ2n) is 5.51. The van der Waals surface area contributed by atoms with Gasteiger partial charge in [0.2, 0.25) is 15.8 Å². The third kappa shape index (κ3) is 4.73. The highest BCUT2D eigenvalue weighted by Crippen LogP contribution is 2.28. The highest BCUT2D eigenvalue weighted by atomic mass is 32.2. The van der Waals surface area contributed by atoms with E-state index < -0.39 is 10.0 Å². The van der Waals surface area contributed by atoms with Crippen molar-refractivity contribution in [3.8, 4) is 22.2 Å². The van der Waals surface area contributed by atoms with Gasteiger partial charge >= 0.3 is 0 Å². The number of nitrogens with two attached hydrogens (primary N) is 1. The smallest absolute Gasteiger partial charge is 0.268 e. The lowest BCUT2D eigenvalue weighted by molar-refractivity contribution is 0.433. The number of rotatable bonds is 7. The maximum atomic E-state index is 11.1. The van der Waals surface area contributed by atoms with Crippen LogP contribution in [0.25, 0.3) is 22.2 Å². The van der Waals surface area contributed by atoms with E-state index in [0.717, 1.165) is 27.1 Å². The fourth-order valence-corrected chi connectivity index (χ4v) is 3.62. The Labute approximate surface area is 149 Å². The van der Waals surface area contributed by atoms with Crippen molar-refractivity contribution in [1.29, 1.82) is 0 Å². The van der Waals surface area contributed by atoms with Crippen LogP contribution in [0, 0.1) is 0 Å². The van der Waals surface area contributed by atoms with Gasteiger partial charge in [0.25, 0.3) is 5.89 Å². The first kappa shape index (κ1) is 17.7. The first-order valence-electron chi connectivity index (χ1n) is 7.61. The molecule has 0 bridgehead atoms. The molecule has 0 unspecified atom stereocenters. The van der Waals surface area contributed by atoms with Gasteiger partial charge in [0.15, 0.2) is 0 Å². The molecule has 3 aromatic rings. The lowest BCUT2D eigenvalue weighted by atomic mass is 10.1. The second-order valence-corrected chi connectivity index (χ2v) is 8.51. The van der Waals surface area contributed by atoms with E-state index in [0.29, 0.717) is 31.2 Å². The zero-order chi connectivity index (χ0) is 17.9. The summed E-state index contributed by atoms with van der Waals surface area (Å²) in [5.41, 5.74) is 7.50. The predicted octanol–water partition coefficient (Wildman–Crippen LogP) is 2.02. The van der Waals surface area contributed by atoms with Crippen LogP contribution >= 0.6 is 11.3 Å². The van der Waals surface area contributed by atoms with Gasteiger partial charge in [-0.3, -0.25) is 0 Å². The Morgan fingerprint density at radius 1 is 1.20 bits per heavy atom. The van der Waals surface area contributed by atoms with Gasteiger partial charge in [-0.1, -0.05) is 29.4 Å². The van der Waals surface area contributed by atoms with E-state index >= 15 is 0 Å². The SMILES string of the molecule is CS(=O)(=O)NCCc1ccc(-c2nc(-c3ccc(CN)cc3)no2)s1. The molecule has 0 saturated carbocycles. The van der Waals surface area contributed by atoms with E-state index in [1.54, 1.807) is 0 Å². The molecule has 0 saturated heterocycles. The number of thiophene rings is 1. The standard InChI is InChI=1S/C16H18N4O3S2/c1-25(21,22)18-9-8-13-6-7-14(24-13)16-19-15(20-23-16)12-4-2-11(10-17)3-5-12/h2-7,18H,8-10,17H2,1H3. The summed E-state index contributed by atoms with van der Waals surface area (Å²) in [6.07, 6.45) is 1.76. The van der Waals surface area contributed by atoms with Gasteiger partial charge in [0.05, 0.1) is 11.1 Å². The summed E-state index contributed by atoms with van der Waals surface area (Å²) in [5, 5.41) is 4.02. The maximum Gasteiger partial charge on any atom is 0.268 e. The minimum absolute atomic E-state index is 0.362. The minimum atomic E-state index is -3.17. The third-order valence-electron chi connectivity index (χ3n) is 3.48. The number of hydrogen-bond donors (Lipinski definition) is 2. The normalized spacial score (nSPS) is 11.8. The quantitative estimate of drug-likeness (QED) is 0.651. The van der Waals surface area contributed by atoms with Crippen LogP contribution in [0.1, 0.15) is 10.4 Å². The predicted molar refractivity (Wildman–Crippen MR) is 97.5 cm³/mol. The Hall–Kier alpha value is -2.07. The lowest BCUT2D eigenvalue weighted by Crippen LogP contribution is -2.23. The fraction of sp³-hybridized carbons (Fsp3) is 0.250. The molecule has 1 aromatic carbocycles. The minimum Gasteiger partial charge on any atom is -0.333 e. The maximum absolute atomic E-state index is 11.1. The van der Waals surface area contributed by atoms with Crippen molar-refractivity contribution >= 4 is 21.4 Å². The summed E-state index contributed by atoms with van der Waals surface area (Å²) in [5.74, 6) is 0.970. The summed E-state index contributed by atoms with van der Waals surface area (Å²) < 4.78 is 30.0. The van der Waals surface area contributed by atoms with Gasteiger partial charge in [-0.15, -0.1) is 11.3 Å². The van der Waals surface area contributed by atoms with E-state index in [2.05, 4.69) is 14.9 Å². The molecule has 0 spiro atoms. The molecule has 2 heterocycles. The molecular weight excluding hydrogens is 360 g/mol. The van der Waals surface area contributed by atoms with E-state index in [1.807, 2.05) is 36.4 Å². The third-order valence-corrected chi connectivity index (χ3v) is 5.34. The van der Waals surface area contributed by atoms with Crippen LogP contribution in [-0.2, 0) is 23.0 Å². The van der Waals surface area contributed by atoms with Crippen molar-refractivity contribution in [3.05, 3.63) is 46.8 Å². The molecular formula is C16H18N4O3S2. The van der Waals surface area contributed by atoms with E-state index in [9.17, 15) is 8.42 Å². The zero-order valence-corrected chi connectivity index (χ0v) is 15.2. The molecule has 0 aliphatic heterocycles. The summed E-state index contributed by atoms with van der Waals surface area (Å²) >= 11 is 1.50. The van der Waals surface area contributed by atoms with Crippen molar-refractivity contribution < 1.29 is 12.9 Å². The summed E-state index contributed by atoms with van der Waals surface area (Å²) in [7, 11) is -3.17. The van der Waals surface area contributed by atoms with Crippen LogP contribution in [0.15, 0.2) is 40.9 Å². The van der Waals surface area contributed by atoms with Gasteiger partial charge in [0.1, 0.15) is 0 Å². The van der Waals surface area contributed by atoms with E-state index in [4.69, 9.17) is 10.3 Å². The summed E-state index contributed by atoms with van der Waals surface area (Å²) in [6.45, 7) is 0.852. The molecule has 3 rings (SSSR count). The van der Waals surface area contributed by atoms with Crippen molar-refractivity contribution in [2.75, 3.05) is 12.8 Å². The first-order valence-corrected chi connectivity index (χ1v) is 10.3. The van der Waals surface area contributed by atoms with Crippen LogP contribution in [0.5, 0.6) is 0 Å². The molecule has 0 fully saturated rings. The number of nitrogens with one attached hydrogen (secondary N) is 1. The molecule has 0 radical (unpaired) electrons. The molecule has 7 nitrogen and oxygen atoms in total. The fourth-order valence-electron chi connectivity index (χ4n) is 2.22. The summed E-state index contributed by atoms with van der Waals surface area (Å²) in [6, 6.07) is 11.5. The Kier molecular flexibility index (Phi) is 5.28. The summed E-state index contributed by atoms with van der Waals surface area (Å²) in [4.78, 5) is 6.32. The number of nitrogens with zero attached hydrogens (tertiary/aromatic N) is 2. The van der Waals surface area contributed by atoms with Gasteiger partial charge in [0, 0.05) is 23.5 Å². The Bertz CT molecular complexity index is 946. The number of aromatic nitrogens is 2. The molecule has 0 amide bonds. The Morgan fingerprint density at radius 3 is 2.64 bits per heavy atom. The van der Waals surface area contributed by atoms with Crippen LogP contribution in [0.2, 0.25) is 0 Å². The van der Waals surface area contributed by atoms with Crippen molar-refractivity contribution in [2.24, 2.45) is 5.73 Å². The Balaban J connectivity index is 1.69. The van der Waals surface area contributed by atoms with Crippen molar-refractivity contribution in [3.63, 3.8) is 0 Å². The highest BCUT2D eigenvalue weighted by molar-refractivity contribution is 7.88. The molecule has 132 valence electrons. The van der Waals surface area contributed by atoms with Crippen LogP contribution in [-0.4, -0.2) is 31.4 Å². The van der Waals surface area contributed by atoms with Gasteiger partial charge in [-0.25, -0.2) is 13.1 Å². The second kappa shape index (κ2) is 7.44. The number of hydrogen-bond acceptors (Lipinski definition) is 7. The zero-order valence-electron chi connectivity index (χ0n) is 13.6. The first-order chi connectivity index (χ1) is 11.9. The molecule has 3 N–H and O–H groups in total. The molecule has 25 heavy (non-hydrogen) atoms. The molecule has 0 aliphatic rings. The molecule has 0 atom stereocenters.